The Balaban J connectivity index is 2.00. The second-order valence-electron chi connectivity index (χ2n) is 4.91. The maximum Gasteiger partial charge on any atom is 0.287 e. The lowest BCUT2D eigenvalue weighted by Crippen LogP contribution is -2.32. The zero-order valence-electron chi connectivity index (χ0n) is 11.5. The number of aryl methyl sites for hydroxylation is 2. The first kappa shape index (κ1) is 13.9. The van der Waals surface area contributed by atoms with E-state index < -0.39 is 0 Å². The molecular formula is C15H21NO3. The van der Waals surface area contributed by atoms with Gasteiger partial charge in [0.25, 0.3) is 5.91 Å². The fourth-order valence-corrected chi connectivity index (χ4v) is 2.43. The molecule has 4 nitrogen and oxygen atoms in total. The Morgan fingerprint density at radius 1 is 1.42 bits per heavy atom. The van der Waals surface area contributed by atoms with Crippen LogP contribution in [-0.2, 0) is 12.8 Å². The highest BCUT2D eigenvalue weighted by Gasteiger charge is 2.22. The molecule has 1 aliphatic rings. The van der Waals surface area contributed by atoms with Crippen LogP contribution in [-0.4, -0.2) is 23.7 Å². The Labute approximate surface area is 113 Å². The number of nitrogens with one attached hydrogen (secondary N) is 1. The van der Waals surface area contributed by atoms with E-state index in [-0.39, 0.29) is 24.5 Å². The molecule has 1 aromatic rings. The zero-order chi connectivity index (χ0) is 13.8. The summed E-state index contributed by atoms with van der Waals surface area (Å²) in [4.78, 5) is 12.1. The molecule has 2 N–H and O–H groups in total. The summed E-state index contributed by atoms with van der Waals surface area (Å²) < 4.78 is 5.59. The van der Waals surface area contributed by atoms with Crippen molar-refractivity contribution in [2.75, 3.05) is 6.61 Å². The van der Waals surface area contributed by atoms with Gasteiger partial charge in [0, 0.05) is 25.0 Å². The number of aliphatic hydroxyl groups is 1. The molecule has 0 bridgehead atoms. The van der Waals surface area contributed by atoms with Gasteiger partial charge in [-0.25, -0.2) is 0 Å². The first-order chi connectivity index (χ1) is 9.17. The van der Waals surface area contributed by atoms with Crippen molar-refractivity contribution < 1.29 is 14.3 Å². The van der Waals surface area contributed by atoms with Crippen LogP contribution in [0.2, 0.25) is 0 Å². The second kappa shape index (κ2) is 6.06. The van der Waals surface area contributed by atoms with Crippen LogP contribution in [0, 0.1) is 5.92 Å². The molecule has 4 heteroatoms. The molecule has 1 aromatic heterocycles. The highest BCUT2D eigenvalue weighted by molar-refractivity contribution is 5.92. The first-order valence-corrected chi connectivity index (χ1v) is 6.89. The summed E-state index contributed by atoms with van der Waals surface area (Å²) >= 11 is 0. The molecule has 2 rings (SSSR count). The van der Waals surface area contributed by atoms with Crippen LogP contribution in [0.15, 0.2) is 22.6 Å². The van der Waals surface area contributed by atoms with Crippen LogP contribution < -0.4 is 5.32 Å². The summed E-state index contributed by atoms with van der Waals surface area (Å²) in [6.07, 6.45) is 6.30. The third-order valence-electron chi connectivity index (χ3n) is 3.55. The van der Waals surface area contributed by atoms with Gasteiger partial charge in [0.1, 0.15) is 5.76 Å². The van der Waals surface area contributed by atoms with Gasteiger partial charge < -0.3 is 14.8 Å². The van der Waals surface area contributed by atoms with Gasteiger partial charge in [-0.05, 0) is 24.5 Å². The summed E-state index contributed by atoms with van der Waals surface area (Å²) in [5.74, 6) is 1.25. The van der Waals surface area contributed by atoms with E-state index in [1.807, 2.05) is 25.1 Å². The van der Waals surface area contributed by atoms with Gasteiger partial charge in [-0.15, -0.1) is 0 Å². The summed E-state index contributed by atoms with van der Waals surface area (Å²) in [6.45, 7) is 4.20. The van der Waals surface area contributed by atoms with Gasteiger partial charge in [-0.1, -0.05) is 26.0 Å². The monoisotopic (exact) mass is 263 g/mol. The summed E-state index contributed by atoms with van der Waals surface area (Å²) in [5.41, 5.74) is 1.10. The van der Waals surface area contributed by atoms with Crippen molar-refractivity contribution in [3.8, 4) is 0 Å². The second-order valence-corrected chi connectivity index (χ2v) is 4.91. The van der Waals surface area contributed by atoms with Crippen molar-refractivity contribution in [2.24, 2.45) is 5.92 Å². The van der Waals surface area contributed by atoms with Crippen molar-refractivity contribution in [3.63, 3.8) is 0 Å². The molecule has 19 heavy (non-hydrogen) atoms. The maximum absolute atomic E-state index is 12.1. The Bertz CT molecular complexity index is 454. The molecule has 0 saturated heterocycles. The third kappa shape index (κ3) is 3.07. The van der Waals surface area contributed by atoms with E-state index in [9.17, 15) is 4.79 Å². The molecule has 0 aliphatic heterocycles. The Hall–Kier alpha value is -1.55. The van der Waals surface area contributed by atoms with Crippen molar-refractivity contribution in [1.82, 2.24) is 5.32 Å². The average molecular weight is 263 g/mol. The summed E-state index contributed by atoms with van der Waals surface area (Å²) in [6, 6.07) is 1.82. The molecule has 0 fully saturated rings. The number of furan rings is 1. The minimum absolute atomic E-state index is 0.00935. The number of carbonyl (C=O) groups excluding carboxylic acids is 1. The summed E-state index contributed by atoms with van der Waals surface area (Å²) in [5, 5.41) is 12.0. The molecular weight excluding hydrogens is 242 g/mol. The zero-order valence-corrected chi connectivity index (χ0v) is 11.5. The fraction of sp³-hybridized carbons (Fsp3) is 0.533. The van der Waals surface area contributed by atoms with E-state index in [0.29, 0.717) is 5.76 Å². The number of amides is 1. The van der Waals surface area contributed by atoms with E-state index in [2.05, 4.69) is 12.2 Å². The van der Waals surface area contributed by atoms with Gasteiger partial charge in [0.2, 0.25) is 0 Å². The highest BCUT2D eigenvalue weighted by Crippen LogP contribution is 2.20. The lowest BCUT2D eigenvalue weighted by atomic mass is 10.1. The van der Waals surface area contributed by atoms with Crippen LogP contribution in [0.5, 0.6) is 0 Å². The van der Waals surface area contributed by atoms with Crippen molar-refractivity contribution in [1.29, 1.82) is 0 Å². The topological polar surface area (TPSA) is 62.5 Å². The Kier molecular flexibility index (Phi) is 4.43. The van der Waals surface area contributed by atoms with Gasteiger partial charge >= 0.3 is 0 Å². The van der Waals surface area contributed by atoms with Gasteiger partial charge in [0.05, 0.1) is 0 Å². The van der Waals surface area contributed by atoms with E-state index in [1.165, 1.54) is 0 Å². The van der Waals surface area contributed by atoms with Crippen LogP contribution in [0.1, 0.15) is 42.1 Å². The molecule has 0 saturated carbocycles. The molecule has 0 radical (unpaired) electrons. The van der Waals surface area contributed by atoms with Crippen LogP contribution in [0.4, 0.5) is 0 Å². The minimum Gasteiger partial charge on any atom is -0.456 e. The highest BCUT2D eigenvalue weighted by atomic mass is 16.4. The lowest BCUT2D eigenvalue weighted by molar-refractivity contribution is 0.0911. The largest absolute Gasteiger partial charge is 0.456 e. The van der Waals surface area contributed by atoms with E-state index in [0.717, 1.165) is 30.6 Å². The van der Waals surface area contributed by atoms with Gasteiger partial charge in [-0.2, -0.15) is 0 Å². The smallest absolute Gasteiger partial charge is 0.287 e. The van der Waals surface area contributed by atoms with Gasteiger partial charge in [-0.3, -0.25) is 4.79 Å². The quantitative estimate of drug-likeness (QED) is 0.799. The molecule has 0 spiro atoms. The maximum atomic E-state index is 12.1. The SMILES string of the molecule is CCc1cc(C(=O)N[C@@H]2C=C[C@H](CO)C2)oc1CC. The average Bonchev–Trinajstić information content (AvgIpc) is 3.03. The first-order valence-electron chi connectivity index (χ1n) is 6.89. The number of hydrogen-bond acceptors (Lipinski definition) is 3. The Morgan fingerprint density at radius 3 is 2.74 bits per heavy atom. The van der Waals surface area contributed by atoms with Crippen molar-refractivity contribution in [3.05, 3.63) is 35.3 Å². The summed E-state index contributed by atoms with van der Waals surface area (Å²) in [7, 11) is 0. The van der Waals surface area contributed by atoms with Crippen molar-refractivity contribution >= 4 is 5.91 Å². The molecule has 0 unspecified atom stereocenters. The number of hydrogen-bond donors (Lipinski definition) is 2. The lowest BCUT2D eigenvalue weighted by Gasteiger charge is -2.11. The third-order valence-corrected chi connectivity index (χ3v) is 3.55. The molecule has 104 valence electrons. The van der Waals surface area contributed by atoms with Crippen molar-refractivity contribution in [2.45, 2.75) is 39.2 Å². The van der Waals surface area contributed by atoms with Gasteiger partial charge in [0.15, 0.2) is 5.76 Å². The van der Waals surface area contributed by atoms with E-state index in [4.69, 9.17) is 9.52 Å². The normalized spacial score (nSPS) is 21.8. The minimum atomic E-state index is -0.178. The Morgan fingerprint density at radius 2 is 2.21 bits per heavy atom. The fourth-order valence-electron chi connectivity index (χ4n) is 2.43. The van der Waals surface area contributed by atoms with E-state index >= 15 is 0 Å². The predicted molar refractivity (Wildman–Crippen MR) is 73.1 cm³/mol. The molecule has 0 aromatic carbocycles. The molecule has 1 aliphatic carbocycles. The molecule has 2 atom stereocenters. The van der Waals surface area contributed by atoms with E-state index in [1.54, 1.807) is 0 Å². The number of rotatable bonds is 5. The molecule has 1 heterocycles. The van der Waals surface area contributed by atoms with Crippen LogP contribution in [0.3, 0.4) is 0 Å². The number of carbonyl (C=O) groups is 1. The standard InChI is InChI=1S/C15H21NO3/c1-3-11-8-14(19-13(11)4-2)15(18)16-12-6-5-10(7-12)9-17/h5-6,8,10,12,17H,3-4,7,9H2,1-2H3,(H,16,18)/t10-,12+/m0/s1. The molecule has 1 amide bonds. The van der Waals surface area contributed by atoms with Crippen LogP contribution in [0.25, 0.3) is 0 Å². The predicted octanol–water partition coefficient (Wildman–Crippen LogP) is 2.07. The van der Waals surface area contributed by atoms with Crippen LogP contribution >= 0.6 is 0 Å². The number of aliphatic hydroxyl groups excluding tert-OH is 1.